The van der Waals surface area contributed by atoms with Crippen LogP contribution in [0.5, 0.6) is 0 Å². The van der Waals surface area contributed by atoms with Gasteiger partial charge in [0, 0.05) is 4.88 Å². The Labute approximate surface area is 118 Å². The predicted octanol–water partition coefficient (Wildman–Crippen LogP) is 4.75. The van der Waals surface area contributed by atoms with E-state index in [1.54, 1.807) is 11.3 Å². The molecule has 3 heteroatoms. The fourth-order valence-corrected chi connectivity index (χ4v) is 3.07. The second kappa shape index (κ2) is 5.04. The summed E-state index contributed by atoms with van der Waals surface area (Å²) in [6.45, 7) is 6.62. The van der Waals surface area contributed by atoms with E-state index in [0.717, 1.165) is 15.5 Å². The van der Waals surface area contributed by atoms with E-state index in [2.05, 4.69) is 45.0 Å². The van der Waals surface area contributed by atoms with Crippen LogP contribution >= 0.6 is 22.9 Å². The van der Waals surface area contributed by atoms with Crippen LogP contribution < -0.4 is 5.73 Å². The molecule has 0 saturated carbocycles. The molecule has 18 heavy (non-hydrogen) atoms. The maximum atomic E-state index is 6.25. The van der Waals surface area contributed by atoms with Crippen LogP contribution in [0.1, 0.15) is 42.8 Å². The first-order valence-corrected chi connectivity index (χ1v) is 7.24. The van der Waals surface area contributed by atoms with Crippen molar-refractivity contribution < 1.29 is 0 Å². The first kappa shape index (κ1) is 13.6. The molecule has 0 aliphatic heterocycles. The fraction of sp³-hybridized carbons (Fsp3) is 0.333. The van der Waals surface area contributed by atoms with Crippen LogP contribution in [0.15, 0.2) is 35.7 Å². The van der Waals surface area contributed by atoms with Gasteiger partial charge in [0.05, 0.1) is 11.1 Å². The van der Waals surface area contributed by atoms with Gasteiger partial charge in [0.25, 0.3) is 0 Å². The Hall–Kier alpha value is -0.830. The van der Waals surface area contributed by atoms with E-state index in [4.69, 9.17) is 17.3 Å². The Bertz CT molecular complexity index is 522. The zero-order valence-electron chi connectivity index (χ0n) is 10.9. The molecule has 96 valence electrons. The lowest BCUT2D eigenvalue weighted by Gasteiger charge is -2.20. The molecule has 2 N–H and O–H groups in total. The number of halogens is 1. The number of thiophene rings is 1. The Balaban J connectivity index is 2.28. The highest BCUT2D eigenvalue weighted by Gasteiger charge is 2.16. The maximum absolute atomic E-state index is 6.25. The minimum absolute atomic E-state index is 0.133. The van der Waals surface area contributed by atoms with E-state index in [1.165, 1.54) is 5.56 Å². The zero-order valence-corrected chi connectivity index (χ0v) is 12.5. The van der Waals surface area contributed by atoms with Crippen LogP contribution in [0.25, 0.3) is 0 Å². The van der Waals surface area contributed by atoms with Crippen molar-refractivity contribution in [3.63, 3.8) is 0 Å². The molecule has 1 unspecified atom stereocenters. The minimum atomic E-state index is -0.133. The van der Waals surface area contributed by atoms with Gasteiger partial charge in [-0.2, -0.15) is 0 Å². The Kier molecular flexibility index (Phi) is 3.81. The fourth-order valence-electron chi connectivity index (χ4n) is 1.87. The second-order valence-corrected chi connectivity index (χ2v) is 6.84. The van der Waals surface area contributed by atoms with Gasteiger partial charge in [-0.05, 0) is 28.0 Å². The van der Waals surface area contributed by atoms with E-state index < -0.39 is 0 Å². The first-order chi connectivity index (χ1) is 8.39. The van der Waals surface area contributed by atoms with Gasteiger partial charge in [-0.25, -0.2) is 0 Å². The van der Waals surface area contributed by atoms with Gasteiger partial charge in [0.2, 0.25) is 0 Å². The standard InChI is InChI=1S/C15H18ClNS/c1-15(2,3)11-6-4-10(5-7-11)13(17)14-12(16)8-9-18-14/h4-9,13H,17H2,1-3H3. The summed E-state index contributed by atoms with van der Waals surface area (Å²) >= 11 is 7.72. The highest BCUT2D eigenvalue weighted by molar-refractivity contribution is 7.10. The van der Waals surface area contributed by atoms with Crippen molar-refractivity contribution in [2.24, 2.45) is 5.73 Å². The molecular formula is C15H18ClNS. The molecule has 1 atom stereocenters. The van der Waals surface area contributed by atoms with Crippen molar-refractivity contribution in [3.8, 4) is 0 Å². The van der Waals surface area contributed by atoms with Crippen molar-refractivity contribution in [3.05, 3.63) is 56.7 Å². The van der Waals surface area contributed by atoms with Crippen molar-refractivity contribution in [2.45, 2.75) is 32.2 Å². The maximum Gasteiger partial charge on any atom is 0.0661 e. The summed E-state index contributed by atoms with van der Waals surface area (Å²) in [5.74, 6) is 0. The molecule has 0 radical (unpaired) electrons. The number of hydrogen-bond acceptors (Lipinski definition) is 2. The minimum Gasteiger partial charge on any atom is -0.320 e. The van der Waals surface area contributed by atoms with Crippen LogP contribution in [0.2, 0.25) is 5.02 Å². The van der Waals surface area contributed by atoms with Crippen molar-refractivity contribution in [1.82, 2.24) is 0 Å². The van der Waals surface area contributed by atoms with Crippen LogP contribution in [0, 0.1) is 0 Å². The smallest absolute Gasteiger partial charge is 0.0661 e. The molecule has 1 aromatic carbocycles. The number of rotatable bonds is 2. The summed E-state index contributed by atoms with van der Waals surface area (Å²) in [5.41, 5.74) is 8.84. The average molecular weight is 280 g/mol. The molecule has 2 rings (SSSR count). The lowest BCUT2D eigenvalue weighted by molar-refractivity contribution is 0.590. The van der Waals surface area contributed by atoms with E-state index in [1.807, 2.05) is 11.4 Å². The van der Waals surface area contributed by atoms with Crippen LogP contribution in [-0.4, -0.2) is 0 Å². The third-order valence-electron chi connectivity index (χ3n) is 3.06. The summed E-state index contributed by atoms with van der Waals surface area (Å²) in [4.78, 5) is 1.03. The molecule has 0 aliphatic carbocycles. The van der Waals surface area contributed by atoms with Gasteiger partial charge < -0.3 is 5.73 Å². The highest BCUT2D eigenvalue weighted by atomic mass is 35.5. The molecular weight excluding hydrogens is 262 g/mol. The van der Waals surface area contributed by atoms with Crippen LogP contribution in [0.3, 0.4) is 0 Å². The van der Waals surface area contributed by atoms with Gasteiger partial charge in [0.15, 0.2) is 0 Å². The molecule has 1 nitrogen and oxygen atoms in total. The van der Waals surface area contributed by atoms with Crippen molar-refractivity contribution in [2.75, 3.05) is 0 Å². The highest BCUT2D eigenvalue weighted by Crippen LogP contribution is 2.32. The molecule has 0 aliphatic rings. The topological polar surface area (TPSA) is 26.0 Å². The van der Waals surface area contributed by atoms with E-state index in [9.17, 15) is 0 Å². The molecule has 1 aromatic heterocycles. The third-order valence-corrected chi connectivity index (χ3v) is 4.50. The quantitative estimate of drug-likeness (QED) is 0.844. The monoisotopic (exact) mass is 279 g/mol. The van der Waals surface area contributed by atoms with Gasteiger partial charge in [-0.15, -0.1) is 11.3 Å². The van der Waals surface area contributed by atoms with Crippen LogP contribution in [0.4, 0.5) is 0 Å². The normalized spacial score (nSPS) is 13.6. The van der Waals surface area contributed by atoms with E-state index in [-0.39, 0.29) is 11.5 Å². The molecule has 0 amide bonds. The number of hydrogen-bond donors (Lipinski definition) is 1. The predicted molar refractivity (Wildman–Crippen MR) is 80.5 cm³/mol. The van der Waals surface area contributed by atoms with E-state index >= 15 is 0 Å². The van der Waals surface area contributed by atoms with Crippen molar-refractivity contribution >= 4 is 22.9 Å². The molecule has 2 aromatic rings. The van der Waals surface area contributed by atoms with Gasteiger partial charge in [-0.1, -0.05) is 56.6 Å². The Morgan fingerprint density at radius 2 is 1.72 bits per heavy atom. The molecule has 0 spiro atoms. The number of benzene rings is 1. The Morgan fingerprint density at radius 3 is 2.17 bits per heavy atom. The summed E-state index contributed by atoms with van der Waals surface area (Å²) in [6, 6.07) is 10.3. The van der Waals surface area contributed by atoms with Gasteiger partial charge in [0.1, 0.15) is 0 Å². The SMILES string of the molecule is CC(C)(C)c1ccc(C(N)c2sccc2Cl)cc1. The number of nitrogens with two attached hydrogens (primary N) is 1. The van der Waals surface area contributed by atoms with Gasteiger partial charge in [-0.3, -0.25) is 0 Å². The van der Waals surface area contributed by atoms with Gasteiger partial charge >= 0.3 is 0 Å². The van der Waals surface area contributed by atoms with Crippen LogP contribution in [-0.2, 0) is 5.41 Å². The summed E-state index contributed by atoms with van der Waals surface area (Å²) < 4.78 is 0. The largest absolute Gasteiger partial charge is 0.320 e. The molecule has 0 bridgehead atoms. The summed E-state index contributed by atoms with van der Waals surface area (Å²) in [5, 5.41) is 2.73. The lowest BCUT2D eigenvalue weighted by Crippen LogP contribution is -2.13. The molecule has 1 heterocycles. The van der Waals surface area contributed by atoms with Crippen molar-refractivity contribution in [1.29, 1.82) is 0 Å². The lowest BCUT2D eigenvalue weighted by atomic mass is 9.86. The first-order valence-electron chi connectivity index (χ1n) is 5.98. The summed E-state index contributed by atoms with van der Waals surface area (Å²) in [7, 11) is 0. The summed E-state index contributed by atoms with van der Waals surface area (Å²) in [6.07, 6.45) is 0. The molecule has 0 fully saturated rings. The Morgan fingerprint density at radius 1 is 1.11 bits per heavy atom. The van der Waals surface area contributed by atoms with E-state index in [0.29, 0.717) is 0 Å². The zero-order chi connectivity index (χ0) is 13.3. The third kappa shape index (κ3) is 2.77. The molecule has 0 saturated heterocycles. The average Bonchev–Trinajstić information content (AvgIpc) is 2.73. The second-order valence-electron chi connectivity index (χ2n) is 5.48.